The third kappa shape index (κ3) is 4.42. The Balaban J connectivity index is 1.51. The highest BCUT2D eigenvalue weighted by Gasteiger charge is 2.41. The average molecular weight is 480 g/mol. The van der Waals surface area contributed by atoms with E-state index in [9.17, 15) is 9.59 Å². The first-order valence-electron chi connectivity index (χ1n) is 11.7. The number of hydrogen-bond acceptors (Lipinski definition) is 7. The molecule has 34 heavy (non-hydrogen) atoms. The number of Topliss-reactive ketones (excluding diaryl/α,β-unsaturated/α-hetero) is 1. The highest BCUT2D eigenvalue weighted by molar-refractivity contribution is 7.10. The lowest BCUT2D eigenvalue weighted by molar-refractivity contribution is -0.142. The summed E-state index contributed by atoms with van der Waals surface area (Å²) in [4.78, 5) is 28.2. The van der Waals surface area contributed by atoms with Crippen LogP contribution >= 0.6 is 11.3 Å². The van der Waals surface area contributed by atoms with E-state index in [1.54, 1.807) is 18.4 Å². The van der Waals surface area contributed by atoms with Gasteiger partial charge in [-0.2, -0.15) is 0 Å². The normalized spacial score (nSPS) is 24.6. The minimum absolute atomic E-state index is 0.0608. The van der Waals surface area contributed by atoms with Gasteiger partial charge in [0.25, 0.3) is 0 Å². The summed E-state index contributed by atoms with van der Waals surface area (Å²) in [5.41, 5.74) is 3.61. The lowest BCUT2D eigenvalue weighted by Crippen LogP contribution is -2.36. The van der Waals surface area contributed by atoms with Crippen molar-refractivity contribution in [3.8, 4) is 5.75 Å². The number of ketones is 1. The number of carbonyl (C=O) groups is 2. The number of allylic oxidation sites excluding steroid dienone is 3. The van der Waals surface area contributed by atoms with E-state index in [-0.39, 0.29) is 24.4 Å². The zero-order valence-corrected chi connectivity index (χ0v) is 20.3. The summed E-state index contributed by atoms with van der Waals surface area (Å²) in [6.07, 6.45) is 2.97. The first-order chi connectivity index (χ1) is 16.5. The summed E-state index contributed by atoms with van der Waals surface area (Å²) in [6.45, 7) is 2.81. The number of hydrogen-bond donors (Lipinski definition) is 1. The maximum absolute atomic E-state index is 13.6. The molecule has 2 aromatic rings. The van der Waals surface area contributed by atoms with Gasteiger partial charge >= 0.3 is 5.97 Å². The van der Waals surface area contributed by atoms with Gasteiger partial charge in [-0.25, -0.2) is 4.79 Å². The van der Waals surface area contributed by atoms with E-state index in [0.717, 1.165) is 36.2 Å². The lowest BCUT2D eigenvalue weighted by Gasteiger charge is -2.36. The number of esters is 1. The van der Waals surface area contributed by atoms with Gasteiger partial charge in [0, 0.05) is 46.7 Å². The minimum atomic E-state index is -0.500. The quantitative estimate of drug-likeness (QED) is 0.598. The molecule has 0 spiro atoms. The highest BCUT2D eigenvalue weighted by Crippen LogP contribution is 2.46. The van der Waals surface area contributed by atoms with Gasteiger partial charge in [-0.1, -0.05) is 18.2 Å². The summed E-state index contributed by atoms with van der Waals surface area (Å²) in [5, 5.41) is 5.45. The molecular formula is C27H29NO5S. The van der Waals surface area contributed by atoms with Crippen molar-refractivity contribution in [1.82, 2.24) is 5.32 Å². The number of carbonyl (C=O) groups excluding carboxylic acids is 2. The zero-order chi connectivity index (χ0) is 23.7. The fraction of sp³-hybridized carbons (Fsp3) is 0.407. The monoisotopic (exact) mass is 479 g/mol. The van der Waals surface area contributed by atoms with Gasteiger partial charge < -0.3 is 19.5 Å². The fourth-order valence-corrected chi connectivity index (χ4v) is 6.04. The average Bonchev–Trinajstić information content (AvgIpc) is 3.56. The topological polar surface area (TPSA) is 73.9 Å². The molecule has 3 atom stereocenters. The summed E-state index contributed by atoms with van der Waals surface area (Å²) in [7, 11) is 1.61. The van der Waals surface area contributed by atoms with Crippen LogP contribution in [0.15, 0.2) is 64.3 Å². The predicted molar refractivity (Wildman–Crippen MR) is 130 cm³/mol. The molecule has 1 aromatic heterocycles. The van der Waals surface area contributed by atoms with Crippen LogP contribution in [0.1, 0.15) is 54.9 Å². The van der Waals surface area contributed by atoms with E-state index >= 15 is 0 Å². The van der Waals surface area contributed by atoms with Crippen molar-refractivity contribution in [2.45, 2.75) is 50.5 Å². The van der Waals surface area contributed by atoms with E-state index in [0.29, 0.717) is 29.9 Å². The molecule has 3 aliphatic rings. The van der Waals surface area contributed by atoms with Crippen LogP contribution < -0.4 is 10.1 Å². The zero-order valence-electron chi connectivity index (χ0n) is 19.5. The number of rotatable bonds is 6. The Bertz CT molecular complexity index is 1140. The molecule has 0 amide bonds. The molecule has 1 fully saturated rings. The van der Waals surface area contributed by atoms with Crippen LogP contribution in [0.25, 0.3) is 0 Å². The molecule has 1 aliphatic carbocycles. The van der Waals surface area contributed by atoms with Crippen molar-refractivity contribution >= 4 is 23.1 Å². The molecule has 1 saturated heterocycles. The van der Waals surface area contributed by atoms with Gasteiger partial charge in [0.15, 0.2) is 5.78 Å². The maximum Gasteiger partial charge on any atom is 0.336 e. The van der Waals surface area contributed by atoms with E-state index in [1.807, 2.05) is 42.6 Å². The van der Waals surface area contributed by atoms with Crippen molar-refractivity contribution in [3.05, 3.63) is 74.8 Å². The SMILES string of the molecule is COc1cccc([C@@H]2C(C(=O)OC[C@@H]3CCCO3)=C(C)NC3=C2C(=O)C[C@H](c2cccs2)C3)c1. The molecule has 0 radical (unpaired) electrons. The number of methoxy groups -OCH3 is 1. The van der Waals surface area contributed by atoms with Crippen LogP contribution in [0.4, 0.5) is 0 Å². The van der Waals surface area contributed by atoms with Gasteiger partial charge in [0.05, 0.1) is 18.8 Å². The number of ether oxygens (including phenoxy) is 3. The first kappa shape index (κ1) is 22.9. The van der Waals surface area contributed by atoms with Crippen LogP contribution in [0.5, 0.6) is 5.75 Å². The molecule has 0 saturated carbocycles. The predicted octanol–water partition coefficient (Wildman–Crippen LogP) is 4.84. The van der Waals surface area contributed by atoms with Crippen LogP contribution in [-0.2, 0) is 19.1 Å². The molecule has 0 bridgehead atoms. The fourth-order valence-electron chi connectivity index (χ4n) is 5.21. The Kier molecular flexibility index (Phi) is 6.57. The molecule has 178 valence electrons. The molecule has 0 unspecified atom stereocenters. The molecule has 1 N–H and O–H groups in total. The molecule has 7 heteroatoms. The van der Waals surface area contributed by atoms with E-state index < -0.39 is 11.9 Å². The Morgan fingerprint density at radius 3 is 2.85 bits per heavy atom. The second-order valence-corrected chi connectivity index (χ2v) is 10.0. The second-order valence-electron chi connectivity index (χ2n) is 9.04. The molecule has 2 aliphatic heterocycles. The van der Waals surface area contributed by atoms with Crippen LogP contribution in [-0.4, -0.2) is 38.2 Å². The lowest BCUT2D eigenvalue weighted by atomic mass is 9.72. The van der Waals surface area contributed by atoms with Crippen molar-refractivity contribution in [3.63, 3.8) is 0 Å². The summed E-state index contributed by atoms with van der Waals surface area (Å²) >= 11 is 1.68. The number of thiophene rings is 1. The summed E-state index contributed by atoms with van der Waals surface area (Å²) in [5.74, 6) is -0.0155. The van der Waals surface area contributed by atoms with Crippen LogP contribution in [0.3, 0.4) is 0 Å². The summed E-state index contributed by atoms with van der Waals surface area (Å²) < 4.78 is 16.8. The largest absolute Gasteiger partial charge is 0.497 e. The van der Waals surface area contributed by atoms with Gasteiger partial charge in [-0.15, -0.1) is 11.3 Å². The Labute approximate surface area is 203 Å². The van der Waals surface area contributed by atoms with Crippen molar-refractivity contribution in [2.75, 3.05) is 20.3 Å². The molecule has 5 rings (SSSR count). The molecule has 3 heterocycles. The maximum atomic E-state index is 13.6. The van der Waals surface area contributed by atoms with Crippen molar-refractivity contribution in [2.24, 2.45) is 0 Å². The minimum Gasteiger partial charge on any atom is -0.497 e. The molecule has 1 aromatic carbocycles. The van der Waals surface area contributed by atoms with Crippen LogP contribution in [0, 0.1) is 0 Å². The van der Waals surface area contributed by atoms with Crippen LogP contribution in [0.2, 0.25) is 0 Å². The van der Waals surface area contributed by atoms with Crippen molar-refractivity contribution in [1.29, 1.82) is 0 Å². The molecular weight excluding hydrogens is 450 g/mol. The summed E-state index contributed by atoms with van der Waals surface area (Å²) in [6, 6.07) is 11.7. The van der Waals surface area contributed by atoms with Gasteiger partial charge in [0.2, 0.25) is 0 Å². The van der Waals surface area contributed by atoms with E-state index in [1.165, 1.54) is 4.88 Å². The smallest absolute Gasteiger partial charge is 0.336 e. The van der Waals surface area contributed by atoms with E-state index in [2.05, 4.69) is 11.4 Å². The Morgan fingerprint density at radius 1 is 1.24 bits per heavy atom. The third-order valence-corrected chi connectivity index (χ3v) is 7.88. The van der Waals surface area contributed by atoms with Gasteiger partial charge in [-0.3, -0.25) is 4.79 Å². The number of dihydropyridines is 1. The number of benzene rings is 1. The Hall–Kier alpha value is -2.90. The van der Waals surface area contributed by atoms with E-state index in [4.69, 9.17) is 14.2 Å². The standard InChI is InChI=1S/C27H29NO5S/c1-16-24(27(30)33-15-20-8-4-10-32-20)25(17-6-3-7-19(12-17)31-2)26-21(28-16)13-18(14-22(26)29)23-9-5-11-34-23/h3,5-7,9,11-12,18,20,25,28H,4,8,10,13-15H2,1-2H3/t18-,20+,25-/m1/s1. The second kappa shape index (κ2) is 9.76. The Morgan fingerprint density at radius 2 is 2.12 bits per heavy atom. The van der Waals surface area contributed by atoms with Gasteiger partial charge in [-0.05, 0) is 55.3 Å². The third-order valence-electron chi connectivity index (χ3n) is 6.84. The number of nitrogens with one attached hydrogen (secondary N) is 1. The highest BCUT2D eigenvalue weighted by atomic mass is 32.1. The van der Waals surface area contributed by atoms with Gasteiger partial charge in [0.1, 0.15) is 12.4 Å². The first-order valence-corrected chi connectivity index (χ1v) is 12.6. The molecule has 6 nitrogen and oxygen atoms in total. The van der Waals surface area contributed by atoms with Crippen molar-refractivity contribution < 1.29 is 23.8 Å².